The summed E-state index contributed by atoms with van der Waals surface area (Å²) in [6.45, 7) is 1.29. The molecule has 1 N–H and O–H groups in total. The van der Waals surface area contributed by atoms with Crippen molar-refractivity contribution in [2.75, 3.05) is 19.0 Å². The molecule has 0 aliphatic rings. The summed E-state index contributed by atoms with van der Waals surface area (Å²) in [6.07, 6.45) is 5.96. The third-order valence-corrected chi connectivity index (χ3v) is 3.80. The Kier molecular flexibility index (Phi) is 4.90. The summed E-state index contributed by atoms with van der Waals surface area (Å²) >= 11 is 0. The number of hydrogen-bond acceptors (Lipinski definition) is 6. The van der Waals surface area contributed by atoms with E-state index in [0.717, 1.165) is 18.7 Å². The first kappa shape index (κ1) is 16.5. The first-order valence-electron chi connectivity index (χ1n) is 7.85. The van der Waals surface area contributed by atoms with Gasteiger partial charge in [-0.3, -0.25) is 9.78 Å². The lowest BCUT2D eigenvalue weighted by Gasteiger charge is -2.09. The highest BCUT2D eigenvalue weighted by molar-refractivity contribution is 5.79. The number of hydrogen-bond donors (Lipinski definition) is 1. The number of aromatic nitrogens is 3. The van der Waals surface area contributed by atoms with Crippen molar-refractivity contribution in [3.63, 3.8) is 0 Å². The summed E-state index contributed by atoms with van der Waals surface area (Å²) in [5.41, 5.74) is 1.56. The number of pyridine rings is 3. The van der Waals surface area contributed by atoms with Crippen molar-refractivity contribution in [2.45, 2.75) is 13.0 Å². The maximum absolute atomic E-state index is 12.6. The van der Waals surface area contributed by atoms with E-state index in [2.05, 4.69) is 15.3 Å². The lowest BCUT2D eigenvalue weighted by atomic mass is 10.2. The number of methoxy groups -OCH3 is 1. The zero-order valence-corrected chi connectivity index (χ0v) is 13.8. The second-order valence-corrected chi connectivity index (χ2v) is 5.43. The van der Waals surface area contributed by atoms with Crippen molar-refractivity contribution >= 4 is 16.6 Å². The fourth-order valence-electron chi connectivity index (χ4n) is 2.55. The molecule has 0 saturated heterocycles. The smallest absolute Gasteiger partial charge is 0.260 e. The molecule has 7 heteroatoms. The highest BCUT2D eigenvalue weighted by atomic mass is 16.5. The molecule has 3 aromatic heterocycles. The molecule has 3 aromatic rings. The topological polar surface area (TPSA) is 92.8 Å². The van der Waals surface area contributed by atoms with Crippen molar-refractivity contribution < 1.29 is 4.74 Å². The molecule has 0 radical (unpaired) electrons. The molecule has 3 rings (SSSR count). The summed E-state index contributed by atoms with van der Waals surface area (Å²) in [5, 5.41) is 12.8. The fourth-order valence-corrected chi connectivity index (χ4v) is 2.55. The van der Waals surface area contributed by atoms with Crippen LogP contribution in [0, 0.1) is 11.3 Å². The normalized spacial score (nSPS) is 10.4. The molecular weight excluding hydrogens is 318 g/mol. The van der Waals surface area contributed by atoms with Crippen molar-refractivity contribution in [3.8, 4) is 11.9 Å². The number of nitrogens with zero attached hydrogens (tertiary/aromatic N) is 4. The molecule has 7 nitrogen and oxygen atoms in total. The Labute approximate surface area is 144 Å². The minimum absolute atomic E-state index is 0.162. The Morgan fingerprint density at radius 2 is 2.28 bits per heavy atom. The van der Waals surface area contributed by atoms with E-state index >= 15 is 0 Å². The van der Waals surface area contributed by atoms with Crippen molar-refractivity contribution in [2.24, 2.45) is 0 Å². The predicted octanol–water partition coefficient (Wildman–Crippen LogP) is 2.17. The van der Waals surface area contributed by atoms with E-state index < -0.39 is 0 Å². The molecule has 25 heavy (non-hydrogen) atoms. The van der Waals surface area contributed by atoms with E-state index in [4.69, 9.17) is 10.00 Å². The second-order valence-electron chi connectivity index (χ2n) is 5.43. The molecule has 0 fully saturated rings. The summed E-state index contributed by atoms with van der Waals surface area (Å²) in [7, 11) is 1.45. The van der Waals surface area contributed by atoms with E-state index in [1.54, 1.807) is 29.2 Å². The molecule has 0 unspecified atom stereocenters. The first-order chi connectivity index (χ1) is 12.2. The molecular formula is C18H17N5O2. The summed E-state index contributed by atoms with van der Waals surface area (Å²) in [5.74, 6) is 0.229. The van der Waals surface area contributed by atoms with Crippen molar-refractivity contribution in [3.05, 3.63) is 58.8 Å². The minimum Gasteiger partial charge on any atom is -0.480 e. The number of ether oxygens (including phenoxy) is 1. The van der Waals surface area contributed by atoms with Crippen LogP contribution in [-0.2, 0) is 6.54 Å². The second kappa shape index (κ2) is 7.45. The average molecular weight is 335 g/mol. The van der Waals surface area contributed by atoms with Gasteiger partial charge in [0.2, 0.25) is 5.88 Å². The summed E-state index contributed by atoms with van der Waals surface area (Å²) in [4.78, 5) is 20.9. The quantitative estimate of drug-likeness (QED) is 0.694. The van der Waals surface area contributed by atoms with Crippen LogP contribution in [0.1, 0.15) is 12.0 Å². The van der Waals surface area contributed by atoms with Crippen LogP contribution in [0.3, 0.4) is 0 Å². The van der Waals surface area contributed by atoms with Gasteiger partial charge in [0.05, 0.1) is 23.7 Å². The van der Waals surface area contributed by atoms with Gasteiger partial charge < -0.3 is 14.6 Å². The van der Waals surface area contributed by atoms with Gasteiger partial charge >= 0.3 is 0 Å². The highest BCUT2D eigenvalue weighted by Gasteiger charge is 2.10. The SMILES string of the molecule is COc1nc2ccn(CCCNc3cccnc3)c(=O)c2cc1C#N. The maximum atomic E-state index is 12.6. The van der Waals surface area contributed by atoms with Gasteiger partial charge in [-0.1, -0.05) is 0 Å². The van der Waals surface area contributed by atoms with E-state index in [1.807, 2.05) is 18.2 Å². The maximum Gasteiger partial charge on any atom is 0.260 e. The molecule has 0 aliphatic carbocycles. The van der Waals surface area contributed by atoms with Crippen molar-refractivity contribution in [1.29, 1.82) is 5.26 Å². The predicted molar refractivity (Wildman–Crippen MR) is 94.6 cm³/mol. The molecule has 0 bridgehead atoms. The standard InChI is InChI=1S/C18H17N5O2/c1-25-17-13(11-19)10-15-16(22-17)5-9-23(18(15)24)8-3-7-21-14-4-2-6-20-12-14/h2,4-6,9-10,12,21H,3,7-8H2,1H3. The summed E-state index contributed by atoms with van der Waals surface area (Å²) < 4.78 is 6.71. The molecule has 3 heterocycles. The largest absolute Gasteiger partial charge is 0.480 e. The molecule has 0 aliphatic heterocycles. The Balaban J connectivity index is 1.75. The number of anilines is 1. The first-order valence-corrected chi connectivity index (χ1v) is 7.85. The third kappa shape index (κ3) is 3.58. The Morgan fingerprint density at radius 1 is 1.40 bits per heavy atom. The number of nitriles is 1. The average Bonchev–Trinajstić information content (AvgIpc) is 2.66. The zero-order valence-electron chi connectivity index (χ0n) is 13.8. The third-order valence-electron chi connectivity index (χ3n) is 3.80. The molecule has 0 spiro atoms. The van der Waals surface area contributed by atoms with Gasteiger partial charge in [0.1, 0.15) is 11.6 Å². The van der Waals surface area contributed by atoms with Crippen LogP contribution in [-0.4, -0.2) is 28.2 Å². The fraction of sp³-hybridized carbons (Fsp3) is 0.222. The van der Waals surface area contributed by atoms with Gasteiger partial charge in [-0.05, 0) is 30.7 Å². The van der Waals surface area contributed by atoms with Crippen LogP contribution in [0.4, 0.5) is 5.69 Å². The number of rotatable bonds is 6. The lowest BCUT2D eigenvalue weighted by molar-refractivity contribution is 0.398. The Morgan fingerprint density at radius 3 is 3.00 bits per heavy atom. The molecule has 126 valence electrons. The molecule has 0 amide bonds. The minimum atomic E-state index is -0.162. The van der Waals surface area contributed by atoms with Crippen LogP contribution in [0.25, 0.3) is 10.9 Å². The van der Waals surface area contributed by atoms with E-state index in [-0.39, 0.29) is 17.0 Å². The van der Waals surface area contributed by atoms with E-state index in [9.17, 15) is 4.79 Å². The molecule has 0 saturated carbocycles. The number of aryl methyl sites for hydroxylation is 1. The Bertz CT molecular complexity index is 976. The van der Waals surface area contributed by atoms with Crippen LogP contribution < -0.4 is 15.6 Å². The van der Waals surface area contributed by atoms with Gasteiger partial charge in [0.25, 0.3) is 5.56 Å². The van der Waals surface area contributed by atoms with Gasteiger partial charge in [0, 0.05) is 31.7 Å². The summed E-state index contributed by atoms with van der Waals surface area (Å²) in [6, 6.07) is 9.11. The highest BCUT2D eigenvalue weighted by Crippen LogP contribution is 2.19. The van der Waals surface area contributed by atoms with Crippen molar-refractivity contribution in [1.82, 2.24) is 14.5 Å². The van der Waals surface area contributed by atoms with Gasteiger partial charge in [0.15, 0.2) is 0 Å². The molecule has 0 aromatic carbocycles. The number of nitrogens with one attached hydrogen (secondary N) is 1. The van der Waals surface area contributed by atoms with E-state index in [0.29, 0.717) is 17.4 Å². The van der Waals surface area contributed by atoms with Gasteiger partial charge in [-0.2, -0.15) is 5.26 Å². The molecule has 0 atom stereocenters. The zero-order chi connectivity index (χ0) is 17.6. The van der Waals surface area contributed by atoms with Gasteiger partial charge in [-0.25, -0.2) is 4.98 Å². The van der Waals surface area contributed by atoms with Crippen LogP contribution in [0.15, 0.2) is 47.7 Å². The van der Waals surface area contributed by atoms with Gasteiger partial charge in [-0.15, -0.1) is 0 Å². The Hall–Kier alpha value is -3.40. The monoisotopic (exact) mass is 335 g/mol. The van der Waals surface area contributed by atoms with Crippen LogP contribution in [0.5, 0.6) is 5.88 Å². The number of fused-ring (bicyclic) bond motifs is 1. The van der Waals surface area contributed by atoms with Crippen LogP contribution in [0.2, 0.25) is 0 Å². The van der Waals surface area contributed by atoms with E-state index in [1.165, 1.54) is 13.2 Å². The van der Waals surface area contributed by atoms with Crippen LogP contribution >= 0.6 is 0 Å². The lowest BCUT2D eigenvalue weighted by Crippen LogP contribution is -2.21.